The SMILES string of the molecule is CC(C)(C)OC(=O)C=C(CBr)CBr. The number of carbonyl (C=O) groups is 1. The Morgan fingerprint density at radius 2 is 1.77 bits per heavy atom. The summed E-state index contributed by atoms with van der Waals surface area (Å²) in [5, 5.41) is 1.36. The molecule has 0 saturated heterocycles. The summed E-state index contributed by atoms with van der Waals surface area (Å²) >= 11 is 6.56. The van der Waals surface area contributed by atoms with Gasteiger partial charge in [-0.25, -0.2) is 4.79 Å². The summed E-state index contributed by atoms with van der Waals surface area (Å²) in [6.07, 6.45) is 1.51. The van der Waals surface area contributed by atoms with Crippen LogP contribution in [0.5, 0.6) is 0 Å². The van der Waals surface area contributed by atoms with Crippen LogP contribution in [0, 0.1) is 0 Å². The lowest BCUT2D eigenvalue weighted by Crippen LogP contribution is -2.22. The second-order valence-electron chi connectivity index (χ2n) is 3.60. The van der Waals surface area contributed by atoms with E-state index < -0.39 is 5.60 Å². The van der Waals surface area contributed by atoms with Gasteiger partial charge in [0.2, 0.25) is 0 Å². The Kier molecular flexibility index (Phi) is 5.88. The highest BCUT2D eigenvalue weighted by Gasteiger charge is 2.14. The Morgan fingerprint density at radius 1 is 1.31 bits per heavy atom. The fraction of sp³-hybridized carbons (Fsp3) is 0.667. The smallest absolute Gasteiger partial charge is 0.331 e. The number of carbonyl (C=O) groups excluding carboxylic acids is 1. The van der Waals surface area contributed by atoms with Crippen molar-refractivity contribution in [3.05, 3.63) is 11.6 Å². The van der Waals surface area contributed by atoms with Crippen LogP contribution >= 0.6 is 31.9 Å². The van der Waals surface area contributed by atoms with E-state index in [0.29, 0.717) is 10.7 Å². The van der Waals surface area contributed by atoms with Gasteiger partial charge in [-0.1, -0.05) is 31.9 Å². The molecule has 0 N–H and O–H groups in total. The van der Waals surface area contributed by atoms with E-state index in [0.717, 1.165) is 5.57 Å². The Bertz CT molecular complexity index is 198. The second-order valence-corrected chi connectivity index (χ2v) is 4.72. The molecule has 0 aromatic rings. The fourth-order valence-corrected chi connectivity index (χ4v) is 1.86. The normalized spacial score (nSPS) is 10.8. The van der Waals surface area contributed by atoms with Gasteiger partial charge in [0, 0.05) is 16.7 Å². The largest absolute Gasteiger partial charge is 0.457 e. The predicted octanol–water partition coefficient (Wildman–Crippen LogP) is 3.04. The van der Waals surface area contributed by atoms with Crippen LogP contribution in [0.15, 0.2) is 11.6 Å². The molecule has 2 nitrogen and oxygen atoms in total. The molecular weight excluding hydrogens is 300 g/mol. The van der Waals surface area contributed by atoms with Crippen molar-refractivity contribution in [1.82, 2.24) is 0 Å². The molecule has 76 valence electrons. The molecule has 0 radical (unpaired) electrons. The number of halogens is 2. The van der Waals surface area contributed by atoms with Gasteiger partial charge in [-0.15, -0.1) is 0 Å². The molecule has 0 aromatic carbocycles. The average molecular weight is 314 g/mol. The number of esters is 1. The zero-order chi connectivity index (χ0) is 10.5. The van der Waals surface area contributed by atoms with Crippen LogP contribution in [0.25, 0.3) is 0 Å². The topological polar surface area (TPSA) is 26.3 Å². The van der Waals surface area contributed by atoms with Crippen molar-refractivity contribution in [2.45, 2.75) is 26.4 Å². The quantitative estimate of drug-likeness (QED) is 0.455. The summed E-state index contributed by atoms with van der Waals surface area (Å²) in [7, 11) is 0. The lowest BCUT2D eigenvalue weighted by atomic mass is 10.2. The summed E-state index contributed by atoms with van der Waals surface area (Å²) < 4.78 is 5.11. The number of ether oxygens (including phenoxy) is 1. The maximum Gasteiger partial charge on any atom is 0.331 e. The number of hydrogen-bond donors (Lipinski definition) is 0. The van der Waals surface area contributed by atoms with Crippen LogP contribution in [0.3, 0.4) is 0 Å². The van der Waals surface area contributed by atoms with E-state index in [2.05, 4.69) is 31.9 Å². The lowest BCUT2D eigenvalue weighted by Gasteiger charge is -2.18. The van der Waals surface area contributed by atoms with Crippen LogP contribution in [0.2, 0.25) is 0 Å². The number of allylic oxidation sites excluding steroid dienone is 1. The molecule has 0 heterocycles. The minimum atomic E-state index is -0.419. The first-order valence-electron chi connectivity index (χ1n) is 3.93. The summed E-state index contributed by atoms with van der Waals surface area (Å²) in [6, 6.07) is 0. The lowest BCUT2D eigenvalue weighted by molar-refractivity contribution is -0.148. The fourth-order valence-electron chi connectivity index (χ4n) is 0.611. The maximum absolute atomic E-state index is 11.2. The number of hydrogen-bond acceptors (Lipinski definition) is 2. The van der Waals surface area contributed by atoms with Crippen molar-refractivity contribution in [3.63, 3.8) is 0 Å². The molecule has 4 heteroatoms. The highest BCUT2D eigenvalue weighted by molar-refractivity contribution is 9.10. The second kappa shape index (κ2) is 5.81. The van der Waals surface area contributed by atoms with Gasteiger partial charge in [-0.05, 0) is 26.3 Å². The first kappa shape index (κ1) is 13.2. The molecule has 0 aliphatic carbocycles. The Hall–Kier alpha value is 0.170. The third-order valence-corrected chi connectivity index (χ3v) is 2.51. The molecule has 0 unspecified atom stereocenters. The van der Waals surface area contributed by atoms with Crippen LogP contribution in [0.4, 0.5) is 0 Å². The van der Waals surface area contributed by atoms with Crippen LogP contribution < -0.4 is 0 Å². The van der Waals surface area contributed by atoms with Crippen molar-refractivity contribution >= 4 is 37.8 Å². The van der Waals surface area contributed by atoms with Crippen molar-refractivity contribution in [1.29, 1.82) is 0 Å². The van der Waals surface area contributed by atoms with E-state index in [1.165, 1.54) is 6.08 Å². The molecule has 0 saturated carbocycles. The highest BCUT2D eigenvalue weighted by Crippen LogP contribution is 2.10. The first-order valence-corrected chi connectivity index (χ1v) is 6.17. The van der Waals surface area contributed by atoms with E-state index >= 15 is 0 Å². The average Bonchev–Trinajstić information content (AvgIpc) is 1.96. The van der Waals surface area contributed by atoms with E-state index in [1.54, 1.807) is 0 Å². The van der Waals surface area contributed by atoms with Gasteiger partial charge >= 0.3 is 5.97 Å². The summed E-state index contributed by atoms with van der Waals surface area (Å²) in [6.45, 7) is 5.54. The van der Waals surface area contributed by atoms with Gasteiger partial charge in [0.05, 0.1) is 0 Å². The van der Waals surface area contributed by atoms with Gasteiger partial charge in [-0.3, -0.25) is 0 Å². The third-order valence-electron chi connectivity index (χ3n) is 1.07. The van der Waals surface area contributed by atoms with Crippen LogP contribution in [-0.4, -0.2) is 22.2 Å². The zero-order valence-corrected chi connectivity index (χ0v) is 11.2. The highest BCUT2D eigenvalue weighted by atomic mass is 79.9. The number of alkyl halides is 2. The summed E-state index contributed by atoms with van der Waals surface area (Å²) in [5.41, 5.74) is 0.548. The Balaban J connectivity index is 4.21. The molecule has 0 amide bonds. The van der Waals surface area contributed by atoms with Crippen molar-refractivity contribution in [2.75, 3.05) is 10.7 Å². The molecule has 0 aliphatic heterocycles. The van der Waals surface area contributed by atoms with Crippen molar-refractivity contribution in [3.8, 4) is 0 Å². The van der Waals surface area contributed by atoms with Gasteiger partial charge in [-0.2, -0.15) is 0 Å². The Morgan fingerprint density at radius 3 is 2.08 bits per heavy atom. The van der Waals surface area contributed by atoms with Gasteiger partial charge in [0.15, 0.2) is 0 Å². The van der Waals surface area contributed by atoms with E-state index in [4.69, 9.17) is 4.74 Å². The molecule has 0 aromatic heterocycles. The van der Waals surface area contributed by atoms with Crippen LogP contribution in [-0.2, 0) is 9.53 Å². The third kappa shape index (κ3) is 7.26. The predicted molar refractivity (Wildman–Crippen MR) is 61.5 cm³/mol. The molecule has 0 bridgehead atoms. The maximum atomic E-state index is 11.2. The molecule has 0 aliphatic rings. The molecule has 0 spiro atoms. The monoisotopic (exact) mass is 312 g/mol. The van der Waals surface area contributed by atoms with E-state index in [-0.39, 0.29) is 5.97 Å². The molecule has 13 heavy (non-hydrogen) atoms. The Labute approximate surface area is 96.0 Å². The summed E-state index contributed by atoms with van der Waals surface area (Å²) in [5.74, 6) is -0.290. The van der Waals surface area contributed by atoms with Crippen molar-refractivity contribution < 1.29 is 9.53 Å². The molecule has 0 rings (SSSR count). The van der Waals surface area contributed by atoms with Crippen molar-refractivity contribution in [2.24, 2.45) is 0 Å². The van der Waals surface area contributed by atoms with Gasteiger partial charge in [0.1, 0.15) is 5.60 Å². The minimum absolute atomic E-state index is 0.290. The zero-order valence-electron chi connectivity index (χ0n) is 8.06. The van der Waals surface area contributed by atoms with E-state index in [9.17, 15) is 4.79 Å². The number of rotatable bonds is 3. The van der Waals surface area contributed by atoms with E-state index in [1.807, 2.05) is 20.8 Å². The summed E-state index contributed by atoms with van der Waals surface area (Å²) in [4.78, 5) is 11.2. The van der Waals surface area contributed by atoms with Crippen LogP contribution in [0.1, 0.15) is 20.8 Å². The molecule has 0 atom stereocenters. The molecular formula is C9H14Br2O2. The molecule has 0 fully saturated rings. The standard InChI is InChI=1S/C9H14Br2O2/c1-9(2,3)13-8(12)4-7(5-10)6-11/h4H,5-6H2,1-3H3. The van der Waals surface area contributed by atoms with Gasteiger partial charge < -0.3 is 4.74 Å². The first-order chi connectivity index (χ1) is 5.89. The minimum Gasteiger partial charge on any atom is -0.457 e. The van der Waals surface area contributed by atoms with Gasteiger partial charge in [0.25, 0.3) is 0 Å².